The zero-order valence-electron chi connectivity index (χ0n) is 9.59. The number of ether oxygens (including phenoxy) is 1. The predicted molar refractivity (Wildman–Crippen MR) is 56.2 cm³/mol. The Balaban J connectivity index is 4.07. The number of primary amides is 1. The van der Waals surface area contributed by atoms with E-state index in [1.165, 1.54) is 0 Å². The van der Waals surface area contributed by atoms with Gasteiger partial charge >= 0.3 is 12.1 Å². The van der Waals surface area contributed by atoms with E-state index in [1.807, 2.05) is 0 Å². The summed E-state index contributed by atoms with van der Waals surface area (Å²) in [7, 11) is 0. The van der Waals surface area contributed by atoms with Crippen molar-refractivity contribution in [3.8, 4) is 0 Å². The summed E-state index contributed by atoms with van der Waals surface area (Å²) in [4.78, 5) is 21.8. The second-order valence-corrected chi connectivity index (χ2v) is 4.12. The standard InChI is InChI=1S/C9H19N3O3/c1-5-6(11-7(10)13)12-8(14)15-9(2,3)4/h6H,5H2,1-4H3,(H,12,14)(H3,10,11,13). The molecule has 0 aromatic rings. The van der Waals surface area contributed by atoms with Crippen LogP contribution in [0.5, 0.6) is 0 Å². The molecule has 3 amide bonds. The Bertz CT molecular complexity index is 235. The van der Waals surface area contributed by atoms with Crippen molar-refractivity contribution in [3.05, 3.63) is 0 Å². The number of carbonyl (C=O) groups is 2. The van der Waals surface area contributed by atoms with E-state index in [4.69, 9.17) is 10.5 Å². The minimum absolute atomic E-state index is 0.502. The molecule has 6 nitrogen and oxygen atoms in total. The number of amides is 3. The van der Waals surface area contributed by atoms with Crippen LogP contribution in [0.15, 0.2) is 0 Å². The average molecular weight is 217 g/mol. The van der Waals surface area contributed by atoms with E-state index in [9.17, 15) is 9.59 Å². The number of nitrogens with two attached hydrogens (primary N) is 1. The Kier molecular flexibility index (Phi) is 4.90. The van der Waals surface area contributed by atoms with E-state index in [0.29, 0.717) is 6.42 Å². The van der Waals surface area contributed by atoms with Crippen LogP contribution in [-0.4, -0.2) is 23.9 Å². The van der Waals surface area contributed by atoms with Gasteiger partial charge < -0.3 is 21.1 Å². The van der Waals surface area contributed by atoms with Crippen molar-refractivity contribution in [2.75, 3.05) is 0 Å². The summed E-state index contributed by atoms with van der Waals surface area (Å²) in [6, 6.07) is -0.682. The number of nitrogens with one attached hydrogen (secondary N) is 2. The Labute approximate surface area is 89.5 Å². The lowest BCUT2D eigenvalue weighted by Crippen LogP contribution is -2.50. The molecular weight excluding hydrogens is 198 g/mol. The molecule has 0 aliphatic rings. The third kappa shape index (κ3) is 7.60. The SMILES string of the molecule is CCC(NC(N)=O)NC(=O)OC(C)(C)C. The van der Waals surface area contributed by atoms with Gasteiger partial charge in [-0.2, -0.15) is 0 Å². The Morgan fingerprint density at radius 3 is 2.20 bits per heavy atom. The van der Waals surface area contributed by atoms with Crippen molar-refractivity contribution in [1.29, 1.82) is 0 Å². The lowest BCUT2D eigenvalue weighted by molar-refractivity contribution is 0.0497. The average Bonchev–Trinajstić information content (AvgIpc) is 1.98. The van der Waals surface area contributed by atoms with Gasteiger partial charge in [-0.3, -0.25) is 0 Å². The van der Waals surface area contributed by atoms with Crippen LogP contribution in [0, 0.1) is 0 Å². The zero-order chi connectivity index (χ0) is 12.1. The number of urea groups is 1. The second kappa shape index (κ2) is 5.43. The topological polar surface area (TPSA) is 93.5 Å². The molecule has 4 N–H and O–H groups in total. The highest BCUT2D eigenvalue weighted by Crippen LogP contribution is 2.06. The number of hydrogen-bond acceptors (Lipinski definition) is 3. The number of carbonyl (C=O) groups excluding carboxylic acids is 2. The Morgan fingerprint density at radius 1 is 1.33 bits per heavy atom. The number of rotatable bonds is 3. The van der Waals surface area contributed by atoms with Crippen molar-refractivity contribution >= 4 is 12.1 Å². The van der Waals surface area contributed by atoms with E-state index in [2.05, 4.69) is 10.6 Å². The van der Waals surface area contributed by atoms with Gasteiger partial charge in [-0.1, -0.05) is 6.92 Å². The summed E-state index contributed by atoms with van der Waals surface area (Å²) in [5.74, 6) is 0. The van der Waals surface area contributed by atoms with E-state index >= 15 is 0 Å². The van der Waals surface area contributed by atoms with Crippen molar-refractivity contribution < 1.29 is 14.3 Å². The van der Waals surface area contributed by atoms with Crippen LogP contribution >= 0.6 is 0 Å². The van der Waals surface area contributed by atoms with Gasteiger partial charge in [-0.15, -0.1) is 0 Å². The number of alkyl carbamates (subject to hydrolysis) is 1. The summed E-state index contributed by atoms with van der Waals surface area (Å²) in [6.07, 6.45) is -0.553. The molecule has 0 saturated carbocycles. The molecule has 0 aromatic heterocycles. The lowest BCUT2D eigenvalue weighted by Gasteiger charge is -2.23. The van der Waals surface area contributed by atoms with Crippen LogP contribution in [0.25, 0.3) is 0 Å². The van der Waals surface area contributed by atoms with E-state index < -0.39 is 23.9 Å². The minimum atomic E-state index is -0.682. The molecule has 1 unspecified atom stereocenters. The monoisotopic (exact) mass is 217 g/mol. The quantitative estimate of drug-likeness (QED) is 0.613. The van der Waals surface area contributed by atoms with E-state index in [-0.39, 0.29) is 0 Å². The third-order valence-electron chi connectivity index (χ3n) is 1.42. The first-order chi connectivity index (χ1) is 6.74. The summed E-state index contributed by atoms with van der Waals surface area (Å²) >= 11 is 0. The predicted octanol–water partition coefficient (Wildman–Crippen LogP) is 0.916. The van der Waals surface area contributed by atoms with Crippen molar-refractivity contribution in [2.45, 2.75) is 45.9 Å². The van der Waals surface area contributed by atoms with Gasteiger partial charge in [0.05, 0.1) is 0 Å². The highest BCUT2D eigenvalue weighted by atomic mass is 16.6. The van der Waals surface area contributed by atoms with Gasteiger partial charge in [-0.05, 0) is 27.2 Å². The van der Waals surface area contributed by atoms with Gasteiger partial charge in [0.1, 0.15) is 11.8 Å². The van der Waals surface area contributed by atoms with Crippen LogP contribution < -0.4 is 16.4 Å². The van der Waals surface area contributed by atoms with Crippen LogP contribution in [0.4, 0.5) is 9.59 Å². The van der Waals surface area contributed by atoms with Crippen LogP contribution in [0.3, 0.4) is 0 Å². The molecule has 0 aromatic carbocycles. The van der Waals surface area contributed by atoms with Crippen molar-refractivity contribution in [2.24, 2.45) is 5.73 Å². The molecule has 0 bridgehead atoms. The Hall–Kier alpha value is -1.46. The second-order valence-electron chi connectivity index (χ2n) is 4.12. The molecular formula is C9H19N3O3. The van der Waals surface area contributed by atoms with Crippen molar-refractivity contribution in [1.82, 2.24) is 10.6 Å². The first kappa shape index (κ1) is 13.5. The molecule has 0 heterocycles. The summed E-state index contributed by atoms with van der Waals surface area (Å²) in [5, 5.41) is 4.85. The van der Waals surface area contributed by atoms with Crippen LogP contribution in [0.2, 0.25) is 0 Å². The smallest absolute Gasteiger partial charge is 0.409 e. The van der Waals surface area contributed by atoms with Gasteiger partial charge in [-0.25, -0.2) is 9.59 Å². The fraction of sp³-hybridized carbons (Fsp3) is 0.778. The molecule has 6 heteroatoms. The van der Waals surface area contributed by atoms with E-state index in [0.717, 1.165) is 0 Å². The minimum Gasteiger partial charge on any atom is -0.444 e. The molecule has 1 atom stereocenters. The molecule has 0 aliphatic heterocycles. The largest absolute Gasteiger partial charge is 0.444 e. The molecule has 88 valence electrons. The van der Waals surface area contributed by atoms with Gasteiger partial charge in [0.15, 0.2) is 0 Å². The van der Waals surface area contributed by atoms with Gasteiger partial charge in [0.25, 0.3) is 0 Å². The maximum absolute atomic E-state index is 11.3. The molecule has 0 radical (unpaired) electrons. The van der Waals surface area contributed by atoms with Gasteiger partial charge in [0, 0.05) is 0 Å². The Morgan fingerprint density at radius 2 is 1.87 bits per heavy atom. The first-order valence-electron chi connectivity index (χ1n) is 4.80. The highest BCUT2D eigenvalue weighted by molar-refractivity contribution is 5.73. The highest BCUT2D eigenvalue weighted by Gasteiger charge is 2.18. The number of hydrogen-bond donors (Lipinski definition) is 3. The molecule has 0 rings (SSSR count). The fourth-order valence-electron chi connectivity index (χ4n) is 0.862. The normalized spacial score (nSPS) is 12.8. The fourth-order valence-corrected chi connectivity index (χ4v) is 0.862. The third-order valence-corrected chi connectivity index (χ3v) is 1.42. The molecule has 0 fully saturated rings. The lowest BCUT2D eigenvalue weighted by atomic mass is 10.2. The molecule has 15 heavy (non-hydrogen) atoms. The maximum atomic E-state index is 11.3. The van der Waals surface area contributed by atoms with E-state index in [1.54, 1.807) is 27.7 Å². The zero-order valence-corrected chi connectivity index (χ0v) is 9.59. The first-order valence-corrected chi connectivity index (χ1v) is 4.80. The summed E-state index contributed by atoms with van der Waals surface area (Å²) in [5.41, 5.74) is 4.37. The molecule has 0 aliphatic carbocycles. The van der Waals surface area contributed by atoms with Gasteiger partial charge in [0.2, 0.25) is 0 Å². The summed E-state index contributed by atoms with van der Waals surface area (Å²) < 4.78 is 5.01. The maximum Gasteiger partial charge on any atom is 0.409 e. The molecule has 0 spiro atoms. The summed E-state index contributed by atoms with van der Waals surface area (Å²) in [6.45, 7) is 7.08. The van der Waals surface area contributed by atoms with Crippen LogP contribution in [0.1, 0.15) is 34.1 Å². The van der Waals surface area contributed by atoms with Crippen LogP contribution in [-0.2, 0) is 4.74 Å². The van der Waals surface area contributed by atoms with Crippen molar-refractivity contribution in [3.63, 3.8) is 0 Å². The molecule has 0 saturated heterocycles.